The summed E-state index contributed by atoms with van der Waals surface area (Å²) < 4.78 is 41.8. The third-order valence-electron chi connectivity index (χ3n) is 7.24. The number of aromatic hydroxyl groups is 1. The van der Waals surface area contributed by atoms with Crippen LogP contribution in [-0.2, 0) is 12.6 Å². The van der Waals surface area contributed by atoms with Crippen LogP contribution in [0.15, 0.2) is 46.6 Å². The molecule has 6 rings (SSSR count). The van der Waals surface area contributed by atoms with Crippen LogP contribution in [0.1, 0.15) is 34.4 Å². The number of hydrogen-bond donors (Lipinski definition) is 1. The second-order valence-corrected chi connectivity index (χ2v) is 11.1. The lowest BCUT2D eigenvalue weighted by Crippen LogP contribution is -2.52. The molecule has 0 amide bonds. The molecule has 2 aromatic carbocycles. The summed E-state index contributed by atoms with van der Waals surface area (Å²) in [4.78, 5) is 9.57. The van der Waals surface area contributed by atoms with Crippen molar-refractivity contribution in [2.75, 3.05) is 25.0 Å². The number of halogens is 4. The molecule has 0 saturated carbocycles. The topological polar surface area (TPSA) is 64.3 Å². The van der Waals surface area contributed by atoms with E-state index in [1.807, 2.05) is 6.07 Å². The first-order valence-electron chi connectivity index (χ1n) is 11.9. The van der Waals surface area contributed by atoms with Crippen LogP contribution >= 0.6 is 22.9 Å². The molecule has 2 unspecified atom stereocenters. The third-order valence-corrected chi connectivity index (χ3v) is 8.59. The second kappa shape index (κ2) is 9.11. The van der Waals surface area contributed by atoms with Crippen molar-refractivity contribution in [3.63, 3.8) is 0 Å². The number of piperazine rings is 1. The molecular formula is C26H23ClF3N5OS. The van der Waals surface area contributed by atoms with Crippen LogP contribution in [0.4, 0.5) is 18.3 Å². The van der Waals surface area contributed by atoms with E-state index >= 15 is 0 Å². The minimum Gasteiger partial charge on any atom is -0.492 e. The lowest BCUT2D eigenvalue weighted by atomic mass is 9.96. The number of likely N-dealkylation sites (N-methyl/N-ethyl adjacent to an activating group) is 1. The molecular weight excluding hydrogens is 523 g/mol. The van der Waals surface area contributed by atoms with E-state index in [2.05, 4.69) is 32.0 Å². The van der Waals surface area contributed by atoms with Crippen LogP contribution in [0, 0.1) is 0 Å². The number of nitrogens with zero attached hydrogens (tertiary/aromatic N) is 5. The quantitative estimate of drug-likeness (QED) is 0.533. The van der Waals surface area contributed by atoms with Crippen molar-refractivity contribution in [3.05, 3.63) is 73.6 Å². The third kappa shape index (κ3) is 4.51. The summed E-state index contributed by atoms with van der Waals surface area (Å²) in [5.41, 5.74) is 0.596. The first-order chi connectivity index (χ1) is 17.7. The highest BCUT2D eigenvalue weighted by atomic mass is 35.5. The molecule has 2 saturated heterocycles. The Morgan fingerprint density at radius 2 is 1.89 bits per heavy atom. The van der Waals surface area contributed by atoms with Crippen molar-refractivity contribution in [1.29, 1.82) is 0 Å². The molecule has 0 radical (unpaired) electrons. The molecule has 192 valence electrons. The van der Waals surface area contributed by atoms with Gasteiger partial charge in [-0.3, -0.25) is 0 Å². The molecule has 4 heterocycles. The van der Waals surface area contributed by atoms with Gasteiger partial charge in [-0.05, 0) is 60.5 Å². The van der Waals surface area contributed by atoms with Crippen molar-refractivity contribution in [1.82, 2.24) is 9.88 Å². The van der Waals surface area contributed by atoms with Crippen molar-refractivity contribution in [2.45, 2.75) is 37.5 Å². The average Bonchev–Trinajstić information content (AvgIpc) is 3.53. The molecule has 3 aliphatic rings. The Morgan fingerprint density at radius 3 is 2.62 bits per heavy atom. The Bertz CT molecular complexity index is 1520. The summed E-state index contributed by atoms with van der Waals surface area (Å²) in [7, 11) is 2.10. The fourth-order valence-electron chi connectivity index (χ4n) is 5.59. The molecule has 1 aromatic heterocycles. The SMILES string of the molecule is CN1CC2CCC(C1)N2c1nc(O)c(C(Cc2ccc(Cl)cc2C(F)(F)F)=c2ccc3c(c2)C=NN=3)s1. The summed E-state index contributed by atoms with van der Waals surface area (Å²) in [6.45, 7) is 1.83. The molecule has 2 bridgehead atoms. The van der Waals surface area contributed by atoms with E-state index < -0.39 is 11.7 Å². The number of thiazole rings is 1. The fourth-order valence-corrected chi connectivity index (χ4v) is 6.94. The Hall–Kier alpha value is -2.95. The van der Waals surface area contributed by atoms with Gasteiger partial charge in [0.15, 0.2) is 5.13 Å². The van der Waals surface area contributed by atoms with Gasteiger partial charge in [-0.1, -0.05) is 35.1 Å². The first kappa shape index (κ1) is 24.4. The largest absolute Gasteiger partial charge is 0.492 e. The number of hydrogen-bond acceptors (Lipinski definition) is 7. The van der Waals surface area contributed by atoms with Gasteiger partial charge < -0.3 is 14.9 Å². The van der Waals surface area contributed by atoms with Crippen LogP contribution in [0.2, 0.25) is 5.02 Å². The van der Waals surface area contributed by atoms with Crippen LogP contribution < -0.4 is 15.5 Å². The Morgan fingerprint density at radius 1 is 1.14 bits per heavy atom. The fraction of sp³-hybridized carbons (Fsp3) is 0.346. The molecule has 3 aromatic rings. The van der Waals surface area contributed by atoms with Gasteiger partial charge in [0.2, 0.25) is 5.88 Å². The van der Waals surface area contributed by atoms with E-state index in [4.69, 9.17) is 11.6 Å². The number of fused-ring (bicyclic) bond motifs is 3. The highest BCUT2D eigenvalue weighted by Crippen LogP contribution is 2.43. The van der Waals surface area contributed by atoms with Crippen LogP contribution in [0.25, 0.3) is 5.57 Å². The van der Waals surface area contributed by atoms with Crippen molar-refractivity contribution in [3.8, 4) is 5.88 Å². The van der Waals surface area contributed by atoms with Crippen LogP contribution in [0.5, 0.6) is 5.88 Å². The molecule has 2 atom stereocenters. The summed E-state index contributed by atoms with van der Waals surface area (Å²) in [5.74, 6) is -0.172. The number of likely N-dealkylation sites (tertiary alicyclic amines) is 1. The van der Waals surface area contributed by atoms with Gasteiger partial charge in [0.25, 0.3) is 0 Å². The lowest BCUT2D eigenvalue weighted by molar-refractivity contribution is -0.138. The molecule has 0 aliphatic carbocycles. The number of rotatable bonds is 4. The number of anilines is 1. The van der Waals surface area contributed by atoms with E-state index in [1.54, 1.807) is 18.3 Å². The Labute approximate surface area is 220 Å². The van der Waals surface area contributed by atoms with E-state index in [-0.39, 0.29) is 22.9 Å². The molecule has 0 spiro atoms. The molecule has 2 fully saturated rings. The zero-order chi connectivity index (χ0) is 25.9. The highest BCUT2D eigenvalue weighted by Gasteiger charge is 2.41. The Kier molecular flexibility index (Phi) is 6.00. The van der Waals surface area contributed by atoms with Gasteiger partial charge in [0.1, 0.15) is 0 Å². The lowest BCUT2D eigenvalue weighted by Gasteiger charge is -2.39. The van der Waals surface area contributed by atoms with Gasteiger partial charge in [0, 0.05) is 42.2 Å². The number of aromatic nitrogens is 1. The minimum atomic E-state index is -4.57. The summed E-state index contributed by atoms with van der Waals surface area (Å²) >= 11 is 7.26. The van der Waals surface area contributed by atoms with Crippen molar-refractivity contribution in [2.24, 2.45) is 10.2 Å². The maximum atomic E-state index is 13.9. The minimum absolute atomic E-state index is 0.0152. The average molecular weight is 546 g/mol. The predicted octanol–water partition coefficient (Wildman–Crippen LogP) is 4.21. The summed E-state index contributed by atoms with van der Waals surface area (Å²) in [5, 5.41) is 21.1. The van der Waals surface area contributed by atoms with E-state index in [9.17, 15) is 18.3 Å². The van der Waals surface area contributed by atoms with E-state index in [1.165, 1.54) is 23.5 Å². The van der Waals surface area contributed by atoms with Crippen molar-refractivity contribution < 1.29 is 18.3 Å². The van der Waals surface area contributed by atoms with Gasteiger partial charge in [-0.25, -0.2) is 0 Å². The number of alkyl halides is 3. The molecule has 6 nitrogen and oxygen atoms in total. The molecule has 1 N–H and O–H groups in total. The van der Waals surface area contributed by atoms with E-state index in [0.717, 1.165) is 37.6 Å². The highest BCUT2D eigenvalue weighted by molar-refractivity contribution is 7.17. The van der Waals surface area contributed by atoms with Gasteiger partial charge >= 0.3 is 6.18 Å². The maximum absolute atomic E-state index is 13.9. The zero-order valence-corrected chi connectivity index (χ0v) is 21.4. The zero-order valence-electron chi connectivity index (χ0n) is 19.8. The summed E-state index contributed by atoms with van der Waals surface area (Å²) in [6.07, 6.45) is -0.929. The maximum Gasteiger partial charge on any atom is 0.416 e. The van der Waals surface area contributed by atoms with Crippen LogP contribution in [-0.4, -0.2) is 53.4 Å². The normalized spacial score (nSPS) is 21.8. The van der Waals surface area contributed by atoms with Gasteiger partial charge in [0.05, 0.1) is 22.0 Å². The van der Waals surface area contributed by atoms with Gasteiger partial charge in [-0.2, -0.15) is 28.4 Å². The standard InChI is InChI=1S/C26H23ClF3N5OS/c1-34-12-18-5-6-19(13-34)35(18)25-32-24(36)23(37-25)20(14-3-7-22-16(8-14)11-31-33-22)9-15-2-4-17(27)10-21(15)26(28,29)30/h2-4,7-8,10-11,18-19,36H,5-6,9,12-13H2,1H3. The van der Waals surface area contributed by atoms with Crippen LogP contribution in [0.3, 0.4) is 0 Å². The van der Waals surface area contributed by atoms with E-state index in [0.29, 0.717) is 38.2 Å². The first-order valence-corrected chi connectivity index (χ1v) is 13.1. The molecule has 37 heavy (non-hydrogen) atoms. The second-order valence-electron chi connectivity index (χ2n) is 9.74. The summed E-state index contributed by atoms with van der Waals surface area (Å²) in [6, 6.07) is 9.83. The smallest absolute Gasteiger partial charge is 0.416 e. The number of benzene rings is 2. The van der Waals surface area contributed by atoms with Gasteiger partial charge in [-0.15, -0.1) is 0 Å². The monoisotopic (exact) mass is 545 g/mol. The molecule has 3 aliphatic heterocycles. The van der Waals surface area contributed by atoms with Crippen molar-refractivity contribution >= 4 is 39.9 Å². The predicted molar refractivity (Wildman–Crippen MR) is 138 cm³/mol. The Balaban J connectivity index is 1.49. The molecule has 11 heteroatoms.